The van der Waals surface area contributed by atoms with Crippen LogP contribution in [0.5, 0.6) is 0 Å². The fraction of sp³-hybridized carbons (Fsp3) is 0.318. The van der Waals surface area contributed by atoms with Crippen LogP contribution in [0.1, 0.15) is 11.4 Å². The lowest BCUT2D eigenvalue weighted by molar-refractivity contribution is -0.113. The first kappa shape index (κ1) is 23.4. The van der Waals surface area contributed by atoms with Crippen LogP contribution >= 0.6 is 11.8 Å². The number of morpholine rings is 1. The Morgan fingerprint density at radius 1 is 1.09 bits per heavy atom. The van der Waals surface area contributed by atoms with Crippen LogP contribution in [0.2, 0.25) is 0 Å². The number of sulfonamides is 1. The normalized spacial score (nSPS) is 14.8. The molecule has 174 valence electrons. The molecule has 33 heavy (non-hydrogen) atoms. The van der Waals surface area contributed by atoms with E-state index in [-0.39, 0.29) is 16.6 Å². The second-order valence-electron chi connectivity index (χ2n) is 7.58. The van der Waals surface area contributed by atoms with Gasteiger partial charge in [0, 0.05) is 24.5 Å². The topological polar surface area (TPSA) is 106 Å². The summed E-state index contributed by atoms with van der Waals surface area (Å²) in [5.41, 5.74) is 2.59. The summed E-state index contributed by atoms with van der Waals surface area (Å²) in [6.45, 7) is 5.34. The van der Waals surface area contributed by atoms with Crippen molar-refractivity contribution in [1.29, 1.82) is 0 Å². The van der Waals surface area contributed by atoms with Crippen LogP contribution in [-0.4, -0.2) is 65.5 Å². The minimum Gasteiger partial charge on any atom is -0.379 e. The molecule has 1 amide bonds. The molecule has 0 bridgehead atoms. The van der Waals surface area contributed by atoms with E-state index in [9.17, 15) is 13.2 Å². The quantitative estimate of drug-likeness (QED) is 0.511. The minimum absolute atomic E-state index is 0.137. The number of ether oxygens (including phenoxy) is 1. The van der Waals surface area contributed by atoms with Crippen LogP contribution in [-0.2, 0) is 19.6 Å². The average molecular weight is 488 g/mol. The molecule has 0 unspecified atom stereocenters. The Balaban J connectivity index is 1.38. The lowest BCUT2D eigenvalue weighted by atomic mass is 10.2. The number of nitrogens with zero attached hydrogens (tertiary/aromatic N) is 4. The first-order valence-corrected chi connectivity index (χ1v) is 12.9. The molecule has 3 aromatic rings. The van der Waals surface area contributed by atoms with Crippen LogP contribution in [0, 0.1) is 13.8 Å². The van der Waals surface area contributed by atoms with Crippen molar-refractivity contribution in [3.63, 3.8) is 0 Å². The number of thioether (sulfide) groups is 1. The number of carbonyl (C=O) groups excluding carboxylic acids is 1. The number of amides is 1. The Morgan fingerprint density at radius 3 is 2.52 bits per heavy atom. The number of benzene rings is 2. The maximum Gasteiger partial charge on any atom is 0.243 e. The molecule has 1 aromatic heterocycles. The van der Waals surface area contributed by atoms with Crippen molar-refractivity contribution in [1.82, 2.24) is 19.1 Å². The highest BCUT2D eigenvalue weighted by Crippen LogP contribution is 2.23. The number of carbonyl (C=O) groups is 1. The van der Waals surface area contributed by atoms with E-state index in [4.69, 9.17) is 4.74 Å². The number of anilines is 1. The lowest BCUT2D eigenvalue weighted by Gasteiger charge is -2.26. The van der Waals surface area contributed by atoms with Crippen LogP contribution in [0.3, 0.4) is 0 Å². The van der Waals surface area contributed by atoms with E-state index in [1.165, 1.54) is 28.2 Å². The average Bonchev–Trinajstić information content (AvgIpc) is 3.19. The predicted molar refractivity (Wildman–Crippen MR) is 126 cm³/mol. The highest BCUT2D eigenvalue weighted by atomic mass is 32.2. The molecule has 1 N–H and O–H groups in total. The Kier molecular flexibility index (Phi) is 7.13. The summed E-state index contributed by atoms with van der Waals surface area (Å²) in [6, 6.07) is 14.2. The molecule has 0 saturated carbocycles. The van der Waals surface area contributed by atoms with Gasteiger partial charge in [-0.3, -0.25) is 9.36 Å². The molecule has 1 aliphatic rings. The zero-order valence-electron chi connectivity index (χ0n) is 18.4. The largest absolute Gasteiger partial charge is 0.379 e. The second kappa shape index (κ2) is 10.0. The molecule has 1 aliphatic heterocycles. The Bertz CT molecular complexity index is 1240. The molecule has 11 heteroatoms. The molecular weight excluding hydrogens is 462 g/mol. The molecule has 9 nitrogen and oxygen atoms in total. The number of nitrogens with one attached hydrogen (secondary N) is 1. The fourth-order valence-electron chi connectivity index (χ4n) is 3.47. The first-order chi connectivity index (χ1) is 15.8. The van der Waals surface area contributed by atoms with Gasteiger partial charge in [-0.2, -0.15) is 4.31 Å². The van der Waals surface area contributed by atoms with E-state index in [1.54, 1.807) is 12.1 Å². The fourth-order valence-corrected chi connectivity index (χ4v) is 5.68. The molecule has 1 fully saturated rings. The van der Waals surface area contributed by atoms with Gasteiger partial charge in [-0.05, 0) is 55.8 Å². The van der Waals surface area contributed by atoms with Gasteiger partial charge >= 0.3 is 0 Å². The van der Waals surface area contributed by atoms with Gasteiger partial charge in [-0.15, -0.1) is 10.2 Å². The van der Waals surface area contributed by atoms with Gasteiger partial charge in [0.2, 0.25) is 15.9 Å². The van der Waals surface area contributed by atoms with Gasteiger partial charge in [-0.1, -0.05) is 23.9 Å². The van der Waals surface area contributed by atoms with Crippen LogP contribution in [0.25, 0.3) is 5.69 Å². The first-order valence-electron chi connectivity index (χ1n) is 10.4. The van der Waals surface area contributed by atoms with E-state index in [2.05, 4.69) is 15.5 Å². The van der Waals surface area contributed by atoms with E-state index in [0.29, 0.717) is 37.1 Å². The molecule has 0 spiro atoms. The van der Waals surface area contributed by atoms with E-state index >= 15 is 0 Å². The molecule has 0 atom stereocenters. The number of hydrogen-bond acceptors (Lipinski definition) is 7. The van der Waals surface area contributed by atoms with Crippen molar-refractivity contribution in [2.45, 2.75) is 23.9 Å². The van der Waals surface area contributed by atoms with Gasteiger partial charge in [0.25, 0.3) is 0 Å². The van der Waals surface area contributed by atoms with Crippen LogP contribution in [0.15, 0.2) is 58.6 Å². The number of hydrogen-bond donors (Lipinski definition) is 1. The summed E-state index contributed by atoms with van der Waals surface area (Å²) in [7, 11) is -3.57. The molecule has 1 saturated heterocycles. The summed E-state index contributed by atoms with van der Waals surface area (Å²) in [5, 5.41) is 11.8. The Morgan fingerprint density at radius 2 is 1.82 bits per heavy atom. The van der Waals surface area contributed by atoms with Crippen molar-refractivity contribution in [2.75, 3.05) is 37.4 Å². The third kappa shape index (κ3) is 5.44. The number of rotatable bonds is 7. The number of aromatic nitrogens is 3. The minimum atomic E-state index is -3.57. The van der Waals surface area contributed by atoms with Gasteiger partial charge in [0.1, 0.15) is 5.82 Å². The van der Waals surface area contributed by atoms with Crippen molar-refractivity contribution >= 4 is 33.4 Å². The van der Waals surface area contributed by atoms with Crippen molar-refractivity contribution in [3.8, 4) is 5.69 Å². The molecule has 0 aliphatic carbocycles. The molecular formula is C22H25N5O4S2. The summed E-state index contributed by atoms with van der Waals surface area (Å²) in [4.78, 5) is 12.7. The molecule has 2 heterocycles. The third-order valence-electron chi connectivity index (χ3n) is 5.13. The molecule has 4 rings (SSSR count). The number of aryl methyl sites for hydroxylation is 2. The zero-order valence-corrected chi connectivity index (χ0v) is 20.0. The van der Waals surface area contributed by atoms with Gasteiger partial charge in [-0.25, -0.2) is 8.42 Å². The monoisotopic (exact) mass is 487 g/mol. The highest BCUT2D eigenvalue weighted by Gasteiger charge is 2.26. The summed E-state index contributed by atoms with van der Waals surface area (Å²) in [5.74, 6) is 0.651. The van der Waals surface area contributed by atoms with E-state index < -0.39 is 10.0 Å². The summed E-state index contributed by atoms with van der Waals surface area (Å²) >= 11 is 1.29. The Labute approximate surface area is 197 Å². The predicted octanol–water partition coefficient (Wildman–Crippen LogP) is 2.64. The SMILES string of the molecule is Cc1cccc(-n2c(C)nnc2SCC(=O)Nc2ccc(S(=O)(=O)N3CCOCC3)cc2)c1. The standard InChI is InChI=1S/C22H25N5O4S2/c1-16-4-3-5-19(14-16)27-17(2)24-25-22(27)32-15-21(28)23-18-6-8-20(9-7-18)33(29,30)26-10-12-31-13-11-26/h3-9,14H,10-13,15H2,1-2H3,(H,23,28). The third-order valence-corrected chi connectivity index (χ3v) is 7.98. The van der Waals surface area contributed by atoms with Crippen LogP contribution in [0.4, 0.5) is 5.69 Å². The maximum atomic E-state index is 12.7. The van der Waals surface area contributed by atoms with Crippen molar-refractivity contribution in [2.24, 2.45) is 0 Å². The molecule has 2 aromatic carbocycles. The second-order valence-corrected chi connectivity index (χ2v) is 10.5. The maximum absolute atomic E-state index is 12.7. The van der Waals surface area contributed by atoms with Gasteiger partial charge < -0.3 is 10.1 Å². The molecule has 0 radical (unpaired) electrons. The lowest BCUT2D eigenvalue weighted by Crippen LogP contribution is -2.40. The van der Waals surface area contributed by atoms with Crippen LogP contribution < -0.4 is 5.32 Å². The van der Waals surface area contributed by atoms with Gasteiger partial charge in [0.05, 0.1) is 23.9 Å². The van der Waals surface area contributed by atoms with Gasteiger partial charge in [0.15, 0.2) is 5.16 Å². The smallest absolute Gasteiger partial charge is 0.243 e. The summed E-state index contributed by atoms with van der Waals surface area (Å²) in [6.07, 6.45) is 0. The summed E-state index contributed by atoms with van der Waals surface area (Å²) < 4.78 is 34.0. The Hall–Kier alpha value is -2.73. The highest BCUT2D eigenvalue weighted by molar-refractivity contribution is 7.99. The van der Waals surface area contributed by atoms with Crippen molar-refractivity contribution < 1.29 is 17.9 Å². The zero-order chi connectivity index (χ0) is 23.4. The van der Waals surface area contributed by atoms with E-state index in [1.807, 2.05) is 42.7 Å². The van der Waals surface area contributed by atoms with Crippen molar-refractivity contribution in [3.05, 3.63) is 59.9 Å². The van der Waals surface area contributed by atoms with E-state index in [0.717, 1.165) is 17.1 Å².